The predicted octanol–water partition coefficient (Wildman–Crippen LogP) is 3.73. The Morgan fingerprint density at radius 2 is 1.82 bits per heavy atom. The molecule has 0 unspecified atom stereocenters. The Balaban J connectivity index is 1.75. The van der Waals surface area contributed by atoms with Crippen LogP contribution in [0.15, 0.2) is 18.2 Å². The number of esters is 2. The van der Waals surface area contributed by atoms with Gasteiger partial charge >= 0.3 is 11.9 Å². The van der Waals surface area contributed by atoms with E-state index in [4.69, 9.17) is 9.47 Å². The van der Waals surface area contributed by atoms with E-state index < -0.39 is 18.0 Å². The van der Waals surface area contributed by atoms with E-state index in [9.17, 15) is 14.4 Å². The lowest BCUT2D eigenvalue weighted by molar-refractivity contribution is 0.0313. The standard InChI is InChI=1S/C22H25NO5/c1-5-27-21(25)18-12(2)19(23-13(18)3)22(26)28-14(4)20(24)17-10-9-15-7-6-8-16(15)11-17/h9-11,14,23H,5-8H2,1-4H3/t14-/m0/s1. The van der Waals surface area contributed by atoms with Crippen molar-refractivity contribution < 1.29 is 23.9 Å². The van der Waals surface area contributed by atoms with Crippen molar-refractivity contribution in [2.24, 2.45) is 0 Å². The van der Waals surface area contributed by atoms with Gasteiger partial charge in [0.05, 0.1) is 12.2 Å². The molecule has 0 saturated carbocycles. The van der Waals surface area contributed by atoms with Crippen LogP contribution in [0.3, 0.4) is 0 Å². The maximum Gasteiger partial charge on any atom is 0.355 e. The number of aromatic nitrogens is 1. The van der Waals surface area contributed by atoms with Crippen molar-refractivity contribution in [3.8, 4) is 0 Å². The normalized spacial score (nSPS) is 13.7. The highest BCUT2D eigenvalue weighted by molar-refractivity contribution is 6.02. The molecule has 148 valence electrons. The summed E-state index contributed by atoms with van der Waals surface area (Å²) >= 11 is 0. The summed E-state index contributed by atoms with van der Waals surface area (Å²) in [5.74, 6) is -1.40. The number of hydrogen-bond acceptors (Lipinski definition) is 5. The van der Waals surface area contributed by atoms with Crippen LogP contribution in [0, 0.1) is 13.8 Å². The summed E-state index contributed by atoms with van der Waals surface area (Å²) in [5.41, 5.74) is 4.50. The summed E-state index contributed by atoms with van der Waals surface area (Å²) in [4.78, 5) is 40.3. The average Bonchev–Trinajstić information content (AvgIpc) is 3.24. The van der Waals surface area contributed by atoms with E-state index in [1.807, 2.05) is 12.1 Å². The van der Waals surface area contributed by atoms with Gasteiger partial charge < -0.3 is 14.5 Å². The van der Waals surface area contributed by atoms with Crippen molar-refractivity contribution in [1.82, 2.24) is 4.98 Å². The molecule has 0 bridgehead atoms. The zero-order chi connectivity index (χ0) is 20.4. The number of carbonyl (C=O) groups is 3. The van der Waals surface area contributed by atoms with Gasteiger partial charge in [-0.1, -0.05) is 12.1 Å². The first-order chi connectivity index (χ1) is 13.3. The lowest BCUT2D eigenvalue weighted by Crippen LogP contribution is -2.25. The second-order valence-corrected chi connectivity index (χ2v) is 7.09. The second kappa shape index (κ2) is 8.00. The third-order valence-corrected chi connectivity index (χ3v) is 5.16. The molecular weight excluding hydrogens is 358 g/mol. The summed E-state index contributed by atoms with van der Waals surface area (Å²) in [6, 6.07) is 5.67. The molecule has 28 heavy (non-hydrogen) atoms. The number of Topliss-reactive ketones (excluding diaryl/α,β-unsaturated/α-hetero) is 1. The molecule has 6 heteroatoms. The van der Waals surface area contributed by atoms with Crippen LogP contribution in [0.4, 0.5) is 0 Å². The molecule has 1 N–H and O–H groups in total. The summed E-state index contributed by atoms with van der Waals surface area (Å²) < 4.78 is 10.4. The molecule has 0 saturated heterocycles. The van der Waals surface area contributed by atoms with Crippen molar-refractivity contribution >= 4 is 17.7 Å². The first-order valence-corrected chi connectivity index (χ1v) is 9.56. The van der Waals surface area contributed by atoms with Crippen molar-refractivity contribution in [3.05, 3.63) is 57.4 Å². The van der Waals surface area contributed by atoms with Gasteiger partial charge in [0.25, 0.3) is 0 Å². The summed E-state index contributed by atoms with van der Waals surface area (Å²) in [6.07, 6.45) is 2.19. The van der Waals surface area contributed by atoms with Gasteiger partial charge in [0.15, 0.2) is 6.10 Å². The molecule has 0 aliphatic heterocycles. The monoisotopic (exact) mass is 383 g/mol. The fourth-order valence-corrected chi connectivity index (χ4v) is 3.70. The fourth-order valence-electron chi connectivity index (χ4n) is 3.70. The molecule has 0 fully saturated rings. The molecule has 1 aliphatic rings. The minimum absolute atomic E-state index is 0.161. The van der Waals surface area contributed by atoms with Crippen molar-refractivity contribution in [3.63, 3.8) is 0 Å². The van der Waals surface area contributed by atoms with Gasteiger partial charge in [0.2, 0.25) is 5.78 Å². The van der Waals surface area contributed by atoms with Crippen molar-refractivity contribution in [1.29, 1.82) is 0 Å². The highest BCUT2D eigenvalue weighted by atomic mass is 16.5. The third-order valence-electron chi connectivity index (χ3n) is 5.16. The Kier molecular flexibility index (Phi) is 5.68. The average molecular weight is 383 g/mol. The van der Waals surface area contributed by atoms with E-state index >= 15 is 0 Å². The van der Waals surface area contributed by atoms with Crippen LogP contribution in [0.5, 0.6) is 0 Å². The Labute approximate surface area is 164 Å². The van der Waals surface area contributed by atoms with Crippen molar-refractivity contribution in [2.75, 3.05) is 6.61 Å². The lowest BCUT2D eigenvalue weighted by Gasteiger charge is -2.13. The summed E-state index contributed by atoms with van der Waals surface area (Å²) in [5, 5.41) is 0. The molecule has 1 aliphatic carbocycles. The van der Waals surface area contributed by atoms with Crippen LogP contribution in [0.25, 0.3) is 0 Å². The number of rotatable bonds is 6. The SMILES string of the molecule is CCOC(=O)c1c(C)[nH]c(C(=O)O[C@@H](C)C(=O)c2ccc3c(c2)CCC3)c1C. The molecule has 2 aromatic rings. The Morgan fingerprint density at radius 1 is 1.11 bits per heavy atom. The molecule has 0 spiro atoms. The number of benzene rings is 1. The minimum Gasteiger partial charge on any atom is -0.462 e. The van der Waals surface area contributed by atoms with Gasteiger partial charge in [-0.2, -0.15) is 0 Å². The highest BCUT2D eigenvalue weighted by Crippen LogP contribution is 2.24. The number of aryl methyl sites for hydroxylation is 3. The molecule has 0 amide bonds. The molecule has 1 heterocycles. The zero-order valence-corrected chi connectivity index (χ0v) is 16.7. The second-order valence-electron chi connectivity index (χ2n) is 7.09. The summed E-state index contributed by atoms with van der Waals surface area (Å²) in [6.45, 7) is 6.87. The molecular formula is C22H25NO5. The van der Waals surface area contributed by atoms with Crippen LogP contribution in [-0.4, -0.2) is 35.4 Å². The fraction of sp³-hybridized carbons (Fsp3) is 0.409. The van der Waals surface area contributed by atoms with Gasteiger partial charge in [-0.25, -0.2) is 9.59 Å². The zero-order valence-electron chi connectivity index (χ0n) is 16.7. The van der Waals surface area contributed by atoms with Gasteiger partial charge in [-0.05, 0) is 69.7 Å². The Bertz CT molecular complexity index is 941. The highest BCUT2D eigenvalue weighted by Gasteiger charge is 2.27. The van der Waals surface area contributed by atoms with Crippen LogP contribution in [0.2, 0.25) is 0 Å². The Morgan fingerprint density at radius 3 is 2.54 bits per heavy atom. The van der Waals surface area contributed by atoms with E-state index in [1.54, 1.807) is 33.8 Å². The number of hydrogen-bond donors (Lipinski definition) is 1. The molecule has 0 radical (unpaired) electrons. The van der Waals surface area contributed by atoms with Gasteiger partial charge in [-0.3, -0.25) is 4.79 Å². The number of nitrogens with one attached hydrogen (secondary N) is 1. The maximum atomic E-state index is 12.7. The molecule has 1 atom stereocenters. The molecule has 1 aromatic heterocycles. The number of H-pyrrole nitrogens is 1. The van der Waals surface area contributed by atoms with E-state index in [2.05, 4.69) is 4.98 Å². The largest absolute Gasteiger partial charge is 0.462 e. The number of carbonyl (C=O) groups excluding carboxylic acids is 3. The van der Waals surface area contributed by atoms with Gasteiger partial charge in [-0.15, -0.1) is 0 Å². The van der Waals surface area contributed by atoms with Gasteiger partial charge in [0, 0.05) is 11.3 Å². The third kappa shape index (κ3) is 3.72. The van der Waals surface area contributed by atoms with Crippen LogP contribution in [-0.2, 0) is 22.3 Å². The Hall–Kier alpha value is -2.89. The van der Waals surface area contributed by atoms with E-state index in [-0.39, 0.29) is 18.1 Å². The number of ketones is 1. The van der Waals surface area contributed by atoms with E-state index in [0.717, 1.165) is 19.3 Å². The first-order valence-electron chi connectivity index (χ1n) is 9.56. The molecule has 3 rings (SSSR count). The van der Waals surface area contributed by atoms with Gasteiger partial charge in [0.1, 0.15) is 5.69 Å². The van der Waals surface area contributed by atoms with E-state index in [0.29, 0.717) is 22.4 Å². The predicted molar refractivity (Wildman–Crippen MR) is 104 cm³/mol. The number of ether oxygens (including phenoxy) is 2. The topological polar surface area (TPSA) is 85.5 Å². The summed E-state index contributed by atoms with van der Waals surface area (Å²) in [7, 11) is 0. The molecule has 6 nitrogen and oxygen atoms in total. The number of fused-ring (bicyclic) bond motifs is 1. The minimum atomic E-state index is -0.930. The van der Waals surface area contributed by atoms with Crippen LogP contribution >= 0.6 is 0 Å². The first kappa shape index (κ1) is 19.9. The van der Waals surface area contributed by atoms with E-state index in [1.165, 1.54) is 11.1 Å². The maximum absolute atomic E-state index is 12.7. The quantitative estimate of drug-likeness (QED) is 0.607. The van der Waals surface area contributed by atoms with Crippen LogP contribution in [0.1, 0.15) is 73.9 Å². The van der Waals surface area contributed by atoms with Crippen molar-refractivity contribution in [2.45, 2.75) is 53.1 Å². The molecule has 1 aromatic carbocycles. The van der Waals surface area contributed by atoms with Crippen LogP contribution < -0.4 is 0 Å². The lowest BCUT2D eigenvalue weighted by atomic mass is 10.0. The number of aromatic amines is 1. The smallest absolute Gasteiger partial charge is 0.355 e.